The van der Waals surface area contributed by atoms with Gasteiger partial charge < -0.3 is 71.0 Å². The molecule has 10 amide bonds. The summed E-state index contributed by atoms with van der Waals surface area (Å²) < 4.78 is 34.1. The minimum Gasteiger partial charge on any atom is -0.467 e. The van der Waals surface area contributed by atoms with Gasteiger partial charge in [-0.3, -0.25) is 44.3 Å². The smallest absolute Gasteiger partial charge is 0.416 e. The Morgan fingerprint density at radius 1 is 0.492 bits per heavy atom. The summed E-state index contributed by atoms with van der Waals surface area (Å²) in [4.78, 5) is 160. The number of nitrogens with zero attached hydrogens (tertiary/aromatic N) is 1. The van der Waals surface area contributed by atoms with Gasteiger partial charge in [0.25, 0.3) is 0 Å². The van der Waals surface area contributed by atoms with Crippen LogP contribution in [0.4, 0.5) is 14.4 Å². The minimum atomic E-state index is -1.75. The van der Waals surface area contributed by atoms with E-state index in [0.29, 0.717) is 27.8 Å². The maximum atomic E-state index is 15.4. The average Bonchev–Trinajstić information content (AvgIpc) is 0.832. The predicted octanol–water partition coefficient (Wildman–Crippen LogP) is 10.5. The van der Waals surface area contributed by atoms with E-state index in [1.807, 2.05) is 153 Å². The zero-order valence-electron chi connectivity index (χ0n) is 69.0. The van der Waals surface area contributed by atoms with Crippen LogP contribution in [0.3, 0.4) is 0 Å². The molecule has 1 aliphatic rings. The number of methoxy groups -OCH3 is 1. The van der Waals surface area contributed by atoms with Crippen molar-refractivity contribution < 1.29 is 81.2 Å². The third kappa shape index (κ3) is 26.9. The highest BCUT2D eigenvalue weighted by atomic mass is 16.6. The first-order chi connectivity index (χ1) is 56.3. The fraction of sp³-hybridized carbons (Fsp3) is 0.400. The second-order valence-electron chi connectivity index (χ2n) is 31.3. The number of fused-ring (bicyclic) bond motifs is 3. The Balaban J connectivity index is 1.05. The number of carbonyl (C=O) groups is 11. The summed E-state index contributed by atoms with van der Waals surface area (Å²) in [6.07, 6.45) is -5.22. The molecule has 1 aliphatic carbocycles. The molecule has 28 heteroatoms. The number of carbonyl (C=O) groups excluding carboxylic acids is 11. The molecule has 0 saturated heterocycles. The molecular formula is C90H111N11O17. The van der Waals surface area contributed by atoms with Gasteiger partial charge in [0, 0.05) is 12.5 Å². The number of esters is 1. The van der Waals surface area contributed by atoms with Gasteiger partial charge in [-0.05, 0) is 130 Å². The molecule has 0 unspecified atom stereocenters. The Bertz CT molecular complexity index is 4400. The van der Waals surface area contributed by atoms with E-state index in [1.165, 1.54) is 6.92 Å². The number of hydrogen-bond acceptors (Lipinski definition) is 18. The van der Waals surface area contributed by atoms with Gasteiger partial charge in [-0.1, -0.05) is 234 Å². The van der Waals surface area contributed by atoms with Crippen LogP contribution in [0.5, 0.6) is 0 Å². The van der Waals surface area contributed by atoms with E-state index < -0.39 is 156 Å². The molecule has 0 aromatic heterocycles. The van der Waals surface area contributed by atoms with Crippen LogP contribution in [-0.4, -0.2) is 163 Å². The number of benzene rings is 7. The summed E-state index contributed by atoms with van der Waals surface area (Å²) in [5, 5.41) is 33.3. The molecular weight excluding hydrogens is 1510 g/mol. The lowest BCUT2D eigenvalue weighted by Crippen LogP contribution is -2.62. The third-order valence-corrected chi connectivity index (χ3v) is 19.6. The van der Waals surface area contributed by atoms with Crippen LogP contribution in [0.2, 0.25) is 0 Å². The van der Waals surface area contributed by atoms with Gasteiger partial charge in [0.15, 0.2) is 6.04 Å². The van der Waals surface area contributed by atoms with Crippen LogP contribution < -0.4 is 47.9 Å². The summed E-state index contributed by atoms with van der Waals surface area (Å²) in [5.74, 6) is -9.33. The molecule has 0 radical (unpaired) electrons. The Labute approximate surface area is 689 Å². The van der Waals surface area contributed by atoms with E-state index in [1.54, 1.807) is 116 Å². The second-order valence-corrected chi connectivity index (χ2v) is 31.3. The highest BCUT2D eigenvalue weighted by Gasteiger charge is 2.42. The topological polar surface area (TPSA) is 379 Å². The second kappa shape index (κ2) is 43.6. The molecule has 0 fully saturated rings. The highest BCUT2D eigenvalue weighted by Crippen LogP contribution is 2.45. The standard InChI is InChI=1S/C90H111N11O17/c1-13-58(4)76(82(108)98-77(59(5)118-89(9,10)11)81(107)92-52-75(103)93-72(80(106)95-73(83(109)113-12)56-117-88(6,7)8)51-74(102)100-90(62-38-23-16-24-39-62,63-40-25-17-26-41-63)64-42-27-18-28-43-64)97-78(104)70(48-33-49-101(87(112)116-54-61-36-21-15-22-37-61)84(91)99-86(111)114-53-60-34-19-14-20-35-60)94-79(105)71(50-57(2)3)96-85(110)115-55-69-67-46-31-29-44-65(67)66-45-30-32-47-68(66)69/h14-32,34-47,57-59,69-73,76-77H,13,33,48-56H2,1-12H3,(H,92,107)(H,93,103)(H,94,105)(H,95,106)(H,96,110)(H,97,104)(H,98,108)(H,100,102)(H2,91,99,111)/t58-,59-,70+,71-,72-,73-,76-,77-/m0/s1. The fourth-order valence-corrected chi connectivity index (χ4v) is 13.6. The maximum absolute atomic E-state index is 15.4. The van der Waals surface area contributed by atoms with E-state index in [-0.39, 0.29) is 63.9 Å². The number of alkyl carbamates (subject to hydrolysis) is 2. The van der Waals surface area contributed by atoms with Gasteiger partial charge in [0.1, 0.15) is 55.6 Å². The maximum Gasteiger partial charge on any atom is 0.416 e. The summed E-state index contributed by atoms with van der Waals surface area (Å²) in [5.41, 5.74) is 3.96. The van der Waals surface area contributed by atoms with Gasteiger partial charge in [-0.25, -0.2) is 24.1 Å². The van der Waals surface area contributed by atoms with Crippen molar-refractivity contribution in [3.8, 4) is 11.1 Å². The van der Waals surface area contributed by atoms with Crippen molar-refractivity contribution >= 4 is 71.6 Å². The molecule has 28 nitrogen and oxygen atoms in total. The zero-order chi connectivity index (χ0) is 85.7. The molecule has 118 heavy (non-hydrogen) atoms. The number of guanidine groups is 1. The lowest BCUT2D eigenvalue weighted by atomic mass is 9.77. The Morgan fingerprint density at radius 3 is 1.48 bits per heavy atom. The molecule has 8 atom stereocenters. The lowest BCUT2D eigenvalue weighted by molar-refractivity contribution is -0.149. The Kier molecular flexibility index (Phi) is 33.7. The van der Waals surface area contributed by atoms with Crippen molar-refractivity contribution in [1.82, 2.24) is 52.8 Å². The zero-order valence-corrected chi connectivity index (χ0v) is 69.0. The normalized spacial score (nSPS) is 13.9. The summed E-state index contributed by atoms with van der Waals surface area (Å²) >= 11 is 0. The fourth-order valence-electron chi connectivity index (χ4n) is 13.6. The molecule has 0 bridgehead atoms. The first kappa shape index (κ1) is 91.2. The lowest BCUT2D eigenvalue weighted by Gasteiger charge is -2.37. The van der Waals surface area contributed by atoms with E-state index in [2.05, 4.69) is 47.9 Å². The van der Waals surface area contributed by atoms with E-state index in [4.69, 9.17) is 33.8 Å². The van der Waals surface area contributed by atoms with E-state index >= 15 is 14.4 Å². The molecule has 0 aliphatic heterocycles. The minimum absolute atomic E-state index is 0.0464. The molecule has 0 spiro atoms. The van der Waals surface area contributed by atoms with Gasteiger partial charge in [-0.2, -0.15) is 0 Å². The van der Waals surface area contributed by atoms with Crippen molar-refractivity contribution in [3.05, 3.63) is 239 Å². The summed E-state index contributed by atoms with van der Waals surface area (Å²) in [7, 11) is 1.12. The monoisotopic (exact) mass is 1620 g/mol. The first-order valence-electron chi connectivity index (χ1n) is 39.6. The summed E-state index contributed by atoms with van der Waals surface area (Å²) in [6.45, 7) is 16.8. The molecule has 7 aromatic carbocycles. The molecule has 7 aromatic rings. The van der Waals surface area contributed by atoms with Crippen LogP contribution in [0.1, 0.15) is 153 Å². The van der Waals surface area contributed by atoms with Crippen molar-refractivity contribution in [1.29, 1.82) is 5.41 Å². The van der Waals surface area contributed by atoms with Crippen molar-refractivity contribution in [2.24, 2.45) is 11.8 Å². The first-order valence-corrected chi connectivity index (χ1v) is 39.6. The summed E-state index contributed by atoms with van der Waals surface area (Å²) in [6, 6.07) is 51.2. The number of rotatable bonds is 38. The van der Waals surface area contributed by atoms with Crippen LogP contribution >= 0.6 is 0 Å². The van der Waals surface area contributed by atoms with Crippen molar-refractivity contribution in [3.63, 3.8) is 0 Å². The van der Waals surface area contributed by atoms with Crippen molar-refractivity contribution in [2.45, 2.75) is 186 Å². The molecule has 0 saturated carbocycles. The number of ether oxygens (including phenoxy) is 6. The van der Waals surface area contributed by atoms with Gasteiger partial charge >= 0.3 is 24.2 Å². The van der Waals surface area contributed by atoms with Crippen LogP contribution in [0.25, 0.3) is 11.1 Å². The van der Waals surface area contributed by atoms with E-state index in [9.17, 15) is 38.4 Å². The molecule has 8 rings (SSSR count). The van der Waals surface area contributed by atoms with Gasteiger partial charge in [-0.15, -0.1) is 0 Å². The molecule has 0 heterocycles. The van der Waals surface area contributed by atoms with E-state index in [0.717, 1.165) is 34.3 Å². The largest absolute Gasteiger partial charge is 0.467 e. The quantitative estimate of drug-likeness (QED) is 0.00565. The van der Waals surface area contributed by atoms with Crippen LogP contribution in [0, 0.1) is 17.2 Å². The predicted molar refractivity (Wildman–Crippen MR) is 444 cm³/mol. The van der Waals surface area contributed by atoms with Gasteiger partial charge in [0.05, 0.1) is 44.0 Å². The molecule has 10 N–H and O–H groups in total. The Hall–Kier alpha value is -12.3. The van der Waals surface area contributed by atoms with Crippen LogP contribution in [-0.2, 0) is 85.5 Å². The van der Waals surface area contributed by atoms with Crippen LogP contribution in [0.15, 0.2) is 200 Å². The number of hydrogen-bond donors (Lipinski definition) is 10. The number of amides is 10. The number of nitrogens with one attached hydrogen (secondary N) is 10. The molecule has 628 valence electrons. The highest BCUT2D eigenvalue weighted by molar-refractivity contribution is 6.00. The van der Waals surface area contributed by atoms with Gasteiger partial charge in [0.2, 0.25) is 47.3 Å². The van der Waals surface area contributed by atoms with Crippen molar-refractivity contribution in [2.75, 3.05) is 33.4 Å². The SMILES string of the molecule is CC[C@H](C)[C@H](NC(=O)[C@@H](CCCN(C(=N)NC(=O)OCc1ccccc1)C(=O)OCc1ccccc1)NC(=O)[C@H](CC(C)C)NC(=O)OCC1c2ccccc2-c2ccccc21)C(=O)N[C@H](C(=O)NCC(=O)N[C@@H](CC(=O)NC(c1ccccc1)(c1ccccc1)c1ccccc1)C(=O)N[C@@H](COC(C)(C)C)C(=O)OC)[C@H](C)OC(C)(C)C. The third-order valence-electron chi connectivity index (χ3n) is 19.6. The average molecular weight is 1620 g/mol. The Morgan fingerprint density at radius 2 is 0.975 bits per heavy atom.